The molecule has 1 aliphatic rings. The summed E-state index contributed by atoms with van der Waals surface area (Å²) in [7, 11) is 1.70. The van der Waals surface area contributed by atoms with Crippen LogP contribution in [0, 0.1) is 0 Å². The van der Waals surface area contributed by atoms with Gasteiger partial charge in [-0.1, -0.05) is 31.4 Å². The van der Waals surface area contributed by atoms with Crippen LogP contribution < -0.4 is 4.74 Å². The van der Waals surface area contributed by atoms with Crippen LogP contribution in [-0.4, -0.2) is 41.9 Å². The van der Waals surface area contributed by atoms with E-state index in [1.54, 1.807) is 12.0 Å². The average molecular weight is 399 g/mol. The van der Waals surface area contributed by atoms with Crippen molar-refractivity contribution in [1.29, 1.82) is 0 Å². The number of furan rings is 1. The summed E-state index contributed by atoms with van der Waals surface area (Å²) in [6.07, 6.45) is 6.32. The molecule has 1 aromatic heterocycles. The third kappa shape index (κ3) is 5.63. The first-order chi connectivity index (χ1) is 14.1. The highest BCUT2D eigenvalue weighted by Crippen LogP contribution is 2.27. The van der Waals surface area contributed by atoms with Crippen LogP contribution in [-0.2, 0) is 13.1 Å². The Bertz CT molecular complexity index is 776. The van der Waals surface area contributed by atoms with E-state index in [0.717, 1.165) is 18.1 Å². The van der Waals surface area contributed by atoms with Gasteiger partial charge in [0.1, 0.15) is 11.5 Å². The second-order valence-electron chi connectivity index (χ2n) is 7.79. The van der Waals surface area contributed by atoms with E-state index in [4.69, 9.17) is 9.15 Å². The summed E-state index contributed by atoms with van der Waals surface area (Å²) in [6.45, 7) is 6.93. The summed E-state index contributed by atoms with van der Waals surface area (Å²) < 4.78 is 11.4. The van der Waals surface area contributed by atoms with Crippen LogP contribution in [0.3, 0.4) is 0 Å². The SMILES string of the molecule is CCN(CC)C(=O)c1ccc(CN(Cc2cccc(OC)c2)C2CCCCC2)o1. The largest absolute Gasteiger partial charge is 0.497 e. The number of benzene rings is 1. The molecule has 1 fully saturated rings. The molecular formula is C24H34N2O3. The number of nitrogens with zero attached hydrogens (tertiary/aromatic N) is 2. The van der Waals surface area contributed by atoms with E-state index in [9.17, 15) is 4.79 Å². The van der Waals surface area contributed by atoms with Crippen molar-refractivity contribution in [3.8, 4) is 5.75 Å². The Balaban J connectivity index is 1.75. The van der Waals surface area contributed by atoms with Gasteiger partial charge in [-0.2, -0.15) is 0 Å². The highest BCUT2D eigenvalue weighted by Gasteiger charge is 2.24. The van der Waals surface area contributed by atoms with Crippen molar-refractivity contribution in [2.45, 2.75) is 65.1 Å². The zero-order valence-corrected chi connectivity index (χ0v) is 18.0. The second kappa shape index (κ2) is 10.5. The maximum absolute atomic E-state index is 12.6. The number of hydrogen-bond acceptors (Lipinski definition) is 4. The topological polar surface area (TPSA) is 45.9 Å². The van der Waals surface area contributed by atoms with Crippen LogP contribution in [0.15, 0.2) is 40.8 Å². The molecule has 158 valence electrons. The fourth-order valence-electron chi connectivity index (χ4n) is 4.21. The van der Waals surface area contributed by atoms with E-state index in [0.29, 0.717) is 31.4 Å². The van der Waals surface area contributed by atoms with Gasteiger partial charge in [0.25, 0.3) is 5.91 Å². The lowest BCUT2D eigenvalue weighted by atomic mass is 9.93. The fraction of sp³-hybridized carbons (Fsp3) is 0.542. The Labute approximate surface area is 174 Å². The normalized spacial score (nSPS) is 14.9. The van der Waals surface area contributed by atoms with E-state index in [1.807, 2.05) is 38.1 Å². The van der Waals surface area contributed by atoms with Crippen molar-refractivity contribution in [1.82, 2.24) is 9.80 Å². The summed E-state index contributed by atoms with van der Waals surface area (Å²) in [4.78, 5) is 16.9. The van der Waals surface area contributed by atoms with Gasteiger partial charge in [0.05, 0.1) is 13.7 Å². The van der Waals surface area contributed by atoms with Crippen molar-refractivity contribution in [2.24, 2.45) is 0 Å². The molecule has 0 N–H and O–H groups in total. The summed E-state index contributed by atoms with van der Waals surface area (Å²) >= 11 is 0. The molecule has 0 bridgehead atoms. The molecule has 0 unspecified atom stereocenters. The third-order valence-electron chi connectivity index (χ3n) is 5.89. The number of hydrogen-bond donors (Lipinski definition) is 0. The van der Waals surface area contributed by atoms with Gasteiger partial charge in [0, 0.05) is 25.7 Å². The predicted molar refractivity (Wildman–Crippen MR) is 115 cm³/mol. The first-order valence-corrected chi connectivity index (χ1v) is 10.9. The van der Waals surface area contributed by atoms with E-state index < -0.39 is 0 Å². The molecule has 1 aliphatic carbocycles. The highest BCUT2D eigenvalue weighted by molar-refractivity contribution is 5.91. The highest BCUT2D eigenvalue weighted by atomic mass is 16.5. The van der Waals surface area contributed by atoms with Crippen LogP contribution in [0.1, 0.15) is 67.8 Å². The summed E-state index contributed by atoms with van der Waals surface area (Å²) in [6, 6.07) is 12.6. The first-order valence-electron chi connectivity index (χ1n) is 10.9. The molecule has 0 atom stereocenters. The zero-order valence-electron chi connectivity index (χ0n) is 18.0. The van der Waals surface area contributed by atoms with Crippen molar-refractivity contribution < 1.29 is 13.9 Å². The number of carbonyl (C=O) groups is 1. The monoisotopic (exact) mass is 398 g/mol. The summed E-state index contributed by atoms with van der Waals surface area (Å²) in [5, 5.41) is 0. The molecule has 2 aromatic rings. The Morgan fingerprint density at radius 1 is 1.07 bits per heavy atom. The molecule has 0 saturated heterocycles. The Hall–Kier alpha value is -2.27. The molecule has 5 heteroatoms. The summed E-state index contributed by atoms with van der Waals surface area (Å²) in [5.41, 5.74) is 1.24. The standard InChI is InChI=1S/C24H34N2O3/c1-4-25(5-2)24(27)23-15-14-22(29-23)18-26(20-11-7-6-8-12-20)17-19-10-9-13-21(16-19)28-3/h9-10,13-16,20H,4-8,11-12,17-18H2,1-3H3. The van der Waals surface area contributed by atoms with Gasteiger partial charge in [0.2, 0.25) is 0 Å². The Morgan fingerprint density at radius 3 is 2.52 bits per heavy atom. The first kappa shape index (κ1) is 21.4. The molecule has 1 saturated carbocycles. The molecule has 0 radical (unpaired) electrons. The van der Waals surface area contributed by atoms with Gasteiger partial charge >= 0.3 is 0 Å². The van der Waals surface area contributed by atoms with E-state index in [2.05, 4.69) is 17.0 Å². The van der Waals surface area contributed by atoms with Gasteiger partial charge in [-0.3, -0.25) is 9.69 Å². The van der Waals surface area contributed by atoms with E-state index in [1.165, 1.54) is 37.7 Å². The molecule has 29 heavy (non-hydrogen) atoms. The Morgan fingerprint density at radius 2 is 1.83 bits per heavy atom. The minimum atomic E-state index is -0.0294. The lowest BCUT2D eigenvalue weighted by Crippen LogP contribution is -2.35. The predicted octanol–water partition coefficient (Wildman–Crippen LogP) is 5.11. The number of rotatable bonds is 9. The van der Waals surface area contributed by atoms with Gasteiger partial charge in [0.15, 0.2) is 5.76 Å². The fourth-order valence-corrected chi connectivity index (χ4v) is 4.21. The molecule has 5 nitrogen and oxygen atoms in total. The van der Waals surface area contributed by atoms with Gasteiger partial charge in [-0.05, 0) is 56.5 Å². The lowest BCUT2D eigenvalue weighted by molar-refractivity contribution is 0.0733. The molecule has 1 heterocycles. The van der Waals surface area contributed by atoms with Crippen LogP contribution in [0.5, 0.6) is 5.75 Å². The molecule has 1 amide bonds. The molecule has 3 rings (SSSR count). The maximum Gasteiger partial charge on any atom is 0.289 e. The van der Waals surface area contributed by atoms with Gasteiger partial charge in [-0.15, -0.1) is 0 Å². The van der Waals surface area contributed by atoms with Gasteiger partial charge < -0.3 is 14.1 Å². The molecule has 0 aliphatic heterocycles. The second-order valence-corrected chi connectivity index (χ2v) is 7.79. The smallest absolute Gasteiger partial charge is 0.289 e. The zero-order chi connectivity index (χ0) is 20.6. The van der Waals surface area contributed by atoms with E-state index >= 15 is 0 Å². The lowest BCUT2D eigenvalue weighted by Gasteiger charge is -2.34. The van der Waals surface area contributed by atoms with Crippen molar-refractivity contribution in [3.63, 3.8) is 0 Å². The maximum atomic E-state index is 12.6. The molecule has 1 aromatic carbocycles. The average Bonchev–Trinajstić information content (AvgIpc) is 3.23. The Kier molecular flexibility index (Phi) is 7.76. The van der Waals surface area contributed by atoms with Crippen LogP contribution >= 0.6 is 0 Å². The number of ether oxygens (including phenoxy) is 1. The third-order valence-corrected chi connectivity index (χ3v) is 5.89. The van der Waals surface area contributed by atoms with Crippen molar-refractivity contribution in [2.75, 3.05) is 20.2 Å². The minimum Gasteiger partial charge on any atom is -0.497 e. The number of carbonyl (C=O) groups excluding carboxylic acids is 1. The van der Waals surface area contributed by atoms with Crippen LogP contribution in [0.2, 0.25) is 0 Å². The summed E-state index contributed by atoms with van der Waals surface area (Å²) in [5.74, 6) is 2.15. The van der Waals surface area contributed by atoms with Crippen LogP contribution in [0.4, 0.5) is 0 Å². The molecule has 0 spiro atoms. The number of amides is 1. The van der Waals surface area contributed by atoms with Crippen LogP contribution in [0.25, 0.3) is 0 Å². The van der Waals surface area contributed by atoms with Gasteiger partial charge in [-0.25, -0.2) is 0 Å². The number of methoxy groups -OCH3 is 1. The minimum absolute atomic E-state index is 0.0294. The molecular weight excluding hydrogens is 364 g/mol. The quantitative estimate of drug-likeness (QED) is 0.589. The van der Waals surface area contributed by atoms with Crippen molar-refractivity contribution >= 4 is 5.91 Å². The van der Waals surface area contributed by atoms with E-state index in [-0.39, 0.29) is 5.91 Å². The van der Waals surface area contributed by atoms with Crippen molar-refractivity contribution in [3.05, 3.63) is 53.5 Å².